The summed E-state index contributed by atoms with van der Waals surface area (Å²) < 4.78 is 5.44. The summed E-state index contributed by atoms with van der Waals surface area (Å²) >= 11 is 0. The van der Waals surface area contributed by atoms with Crippen LogP contribution in [-0.4, -0.2) is 43.6 Å². The smallest absolute Gasteiger partial charge is 0.255 e. The van der Waals surface area contributed by atoms with Gasteiger partial charge >= 0.3 is 0 Å². The topological polar surface area (TPSA) is 41.6 Å². The lowest BCUT2D eigenvalue weighted by atomic mass is 10.00. The molecule has 1 N–H and O–H groups in total. The van der Waals surface area contributed by atoms with Crippen LogP contribution in [0.1, 0.15) is 49.4 Å². The highest BCUT2D eigenvalue weighted by Crippen LogP contribution is 2.26. The zero-order chi connectivity index (χ0) is 18.4. The molecule has 0 unspecified atom stereocenters. The van der Waals surface area contributed by atoms with E-state index < -0.39 is 0 Å². The van der Waals surface area contributed by atoms with Crippen LogP contribution in [0.5, 0.6) is 5.75 Å². The fraction of sp³-hybridized carbons (Fsp3) is 0.500. The summed E-state index contributed by atoms with van der Waals surface area (Å²) in [5.74, 6) is 0.571. The van der Waals surface area contributed by atoms with Gasteiger partial charge in [-0.2, -0.15) is 0 Å². The van der Waals surface area contributed by atoms with Crippen molar-refractivity contribution >= 4 is 16.7 Å². The number of carbonyl (C=O) groups excluding carboxylic acids is 1. The van der Waals surface area contributed by atoms with E-state index >= 15 is 0 Å². The van der Waals surface area contributed by atoms with Gasteiger partial charge in [-0.3, -0.25) is 4.79 Å². The molecular formula is C22H30N2O2. The quantitative estimate of drug-likeness (QED) is 0.757. The van der Waals surface area contributed by atoms with Gasteiger partial charge in [0.15, 0.2) is 0 Å². The van der Waals surface area contributed by atoms with Crippen LogP contribution in [0.25, 0.3) is 10.8 Å². The number of carbonyl (C=O) groups is 1. The minimum absolute atomic E-state index is 0.0571. The standard InChI is InChI=1S/C22H30N2O2/c1-3-19-11-6-7-13-24(19)14-8-12-23-22(25)20-15-17-9-4-5-10-18(17)16-21(20)26-2/h4-5,9-10,15-16,19H,3,6-8,11-14H2,1-2H3,(H,23,25)/t19-/m0/s1. The van der Waals surface area contributed by atoms with E-state index in [1.807, 2.05) is 36.4 Å². The van der Waals surface area contributed by atoms with Gasteiger partial charge in [-0.05, 0) is 55.1 Å². The number of hydrogen-bond donors (Lipinski definition) is 1. The van der Waals surface area contributed by atoms with Crippen molar-refractivity contribution in [2.24, 2.45) is 0 Å². The van der Waals surface area contributed by atoms with Crippen LogP contribution in [0.15, 0.2) is 36.4 Å². The van der Waals surface area contributed by atoms with Gasteiger partial charge in [-0.1, -0.05) is 37.6 Å². The number of rotatable bonds is 7. The van der Waals surface area contributed by atoms with E-state index in [9.17, 15) is 4.79 Å². The van der Waals surface area contributed by atoms with Crippen molar-refractivity contribution in [3.05, 3.63) is 42.0 Å². The second kappa shape index (κ2) is 9.04. The Morgan fingerprint density at radius 3 is 2.73 bits per heavy atom. The number of nitrogens with zero attached hydrogens (tertiary/aromatic N) is 1. The number of piperidine rings is 1. The van der Waals surface area contributed by atoms with Gasteiger partial charge in [-0.25, -0.2) is 0 Å². The molecule has 1 aliphatic rings. The number of likely N-dealkylation sites (tertiary alicyclic amines) is 1. The van der Waals surface area contributed by atoms with Gasteiger partial charge in [0.25, 0.3) is 5.91 Å². The lowest BCUT2D eigenvalue weighted by Crippen LogP contribution is -2.40. The van der Waals surface area contributed by atoms with Crippen molar-refractivity contribution in [3.63, 3.8) is 0 Å². The maximum atomic E-state index is 12.6. The molecule has 4 heteroatoms. The lowest BCUT2D eigenvalue weighted by Gasteiger charge is -2.35. The Hall–Kier alpha value is -2.07. The number of hydrogen-bond acceptors (Lipinski definition) is 3. The summed E-state index contributed by atoms with van der Waals surface area (Å²) in [5, 5.41) is 5.20. The molecule has 1 aliphatic heterocycles. The summed E-state index contributed by atoms with van der Waals surface area (Å²) in [5.41, 5.74) is 0.607. The highest BCUT2D eigenvalue weighted by Gasteiger charge is 2.20. The van der Waals surface area contributed by atoms with Crippen LogP contribution < -0.4 is 10.1 Å². The molecular weight excluding hydrogens is 324 g/mol. The van der Waals surface area contributed by atoms with Crippen molar-refractivity contribution < 1.29 is 9.53 Å². The van der Waals surface area contributed by atoms with Crippen LogP contribution in [-0.2, 0) is 0 Å². The van der Waals surface area contributed by atoms with Crippen LogP contribution >= 0.6 is 0 Å². The number of benzene rings is 2. The number of amides is 1. The molecule has 26 heavy (non-hydrogen) atoms. The Morgan fingerprint density at radius 1 is 1.23 bits per heavy atom. The molecule has 1 heterocycles. The first-order valence-electron chi connectivity index (χ1n) is 9.82. The molecule has 0 aromatic heterocycles. The SMILES string of the molecule is CC[C@H]1CCCCN1CCCNC(=O)c1cc2ccccc2cc1OC. The first-order chi connectivity index (χ1) is 12.7. The summed E-state index contributed by atoms with van der Waals surface area (Å²) in [6.07, 6.45) is 6.18. The van der Waals surface area contributed by atoms with Crippen molar-refractivity contribution in [2.45, 2.75) is 45.1 Å². The number of nitrogens with one attached hydrogen (secondary N) is 1. The first kappa shape index (κ1) is 18.7. The number of methoxy groups -OCH3 is 1. The second-order valence-electron chi connectivity index (χ2n) is 7.10. The van der Waals surface area contributed by atoms with E-state index in [-0.39, 0.29) is 5.91 Å². The molecule has 3 rings (SSSR count). The predicted molar refractivity (Wildman–Crippen MR) is 107 cm³/mol. The van der Waals surface area contributed by atoms with Gasteiger partial charge in [0.2, 0.25) is 0 Å². The molecule has 1 atom stereocenters. The molecule has 0 bridgehead atoms. The van der Waals surface area contributed by atoms with E-state index in [2.05, 4.69) is 17.1 Å². The third-order valence-electron chi connectivity index (χ3n) is 5.44. The number of fused-ring (bicyclic) bond motifs is 1. The van der Waals surface area contributed by atoms with E-state index in [0.717, 1.165) is 29.8 Å². The molecule has 0 spiro atoms. The van der Waals surface area contributed by atoms with Gasteiger partial charge in [-0.15, -0.1) is 0 Å². The van der Waals surface area contributed by atoms with Crippen molar-refractivity contribution in [3.8, 4) is 5.75 Å². The first-order valence-corrected chi connectivity index (χ1v) is 9.82. The van der Waals surface area contributed by atoms with E-state index in [1.165, 1.54) is 32.2 Å². The van der Waals surface area contributed by atoms with Gasteiger partial charge in [0.05, 0.1) is 12.7 Å². The van der Waals surface area contributed by atoms with Crippen LogP contribution in [0.3, 0.4) is 0 Å². The Balaban J connectivity index is 1.57. The summed E-state index contributed by atoms with van der Waals surface area (Å²) in [4.78, 5) is 15.2. The molecule has 0 aliphatic carbocycles. The number of ether oxygens (including phenoxy) is 1. The Kier molecular flexibility index (Phi) is 6.51. The molecule has 140 valence electrons. The van der Waals surface area contributed by atoms with Crippen LogP contribution in [0, 0.1) is 0 Å². The second-order valence-corrected chi connectivity index (χ2v) is 7.10. The van der Waals surface area contributed by atoms with Gasteiger partial charge in [0.1, 0.15) is 5.75 Å². The minimum Gasteiger partial charge on any atom is -0.496 e. The maximum Gasteiger partial charge on any atom is 0.255 e. The molecule has 2 aromatic rings. The van der Waals surface area contributed by atoms with Crippen LogP contribution in [0.2, 0.25) is 0 Å². The zero-order valence-corrected chi connectivity index (χ0v) is 16.0. The maximum absolute atomic E-state index is 12.6. The Morgan fingerprint density at radius 2 is 2.00 bits per heavy atom. The zero-order valence-electron chi connectivity index (χ0n) is 16.0. The molecule has 0 radical (unpaired) electrons. The Bertz CT molecular complexity index is 744. The molecule has 4 nitrogen and oxygen atoms in total. The lowest BCUT2D eigenvalue weighted by molar-refractivity contribution is 0.0944. The predicted octanol–water partition coefficient (Wildman–Crippen LogP) is 4.23. The summed E-state index contributed by atoms with van der Waals surface area (Å²) in [6, 6.07) is 12.6. The van der Waals surface area contributed by atoms with E-state index in [4.69, 9.17) is 4.74 Å². The highest BCUT2D eigenvalue weighted by molar-refractivity contribution is 6.01. The highest BCUT2D eigenvalue weighted by atomic mass is 16.5. The van der Waals surface area contributed by atoms with Crippen molar-refractivity contribution in [1.29, 1.82) is 0 Å². The van der Waals surface area contributed by atoms with Crippen molar-refractivity contribution in [1.82, 2.24) is 10.2 Å². The fourth-order valence-electron chi connectivity index (χ4n) is 3.96. The molecule has 1 amide bonds. The van der Waals surface area contributed by atoms with Gasteiger partial charge in [0, 0.05) is 19.1 Å². The summed E-state index contributed by atoms with van der Waals surface area (Å²) in [7, 11) is 1.61. The van der Waals surface area contributed by atoms with Gasteiger partial charge < -0.3 is 15.0 Å². The van der Waals surface area contributed by atoms with Crippen molar-refractivity contribution in [2.75, 3.05) is 26.7 Å². The molecule has 0 saturated carbocycles. The normalized spacial score (nSPS) is 18.0. The molecule has 2 aromatic carbocycles. The molecule has 1 saturated heterocycles. The monoisotopic (exact) mass is 354 g/mol. The minimum atomic E-state index is -0.0571. The third-order valence-corrected chi connectivity index (χ3v) is 5.44. The van der Waals surface area contributed by atoms with E-state index in [0.29, 0.717) is 17.9 Å². The largest absolute Gasteiger partial charge is 0.496 e. The fourth-order valence-corrected chi connectivity index (χ4v) is 3.96. The van der Waals surface area contributed by atoms with Crippen LogP contribution in [0.4, 0.5) is 0 Å². The van der Waals surface area contributed by atoms with E-state index in [1.54, 1.807) is 7.11 Å². The Labute approximate surface area is 156 Å². The average Bonchev–Trinajstić information content (AvgIpc) is 2.70. The third kappa shape index (κ3) is 4.36. The molecule has 1 fully saturated rings. The summed E-state index contributed by atoms with van der Waals surface area (Å²) in [6.45, 7) is 5.23. The average molecular weight is 354 g/mol.